The normalized spacial score (nSPS) is 9.67. The van der Waals surface area contributed by atoms with Gasteiger partial charge in [0.2, 0.25) is 0 Å². The molecule has 0 atom stereocenters. The third-order valence-electron chi connectivity index (χ3n) is 1.76. The molecule has 0 aliphatic heterocycles. The fourth-order valence-corrected chi connectivity index (χ4v) is 1.09. The van der Waals surface area contributed by atoms with Crippen molar-refractivity contribution < 1.29 is 14.6 Å². The molecule has 1 aromatic carbocycles. The number of nitro benzene ring substituents is 2. The number of ether oxygens (including phenoxy) is 1. The van der Waals surface area contributed by atoms with E-state index in [4.69, 9.17) is 5.73 Å². The molecule has 0 spiro atoms. The van der Waals surface area contributed by atoms with Crippen LogP contribution in [0.3, 0.4) is 0 Å². The maximum absolute atomic E-state index is 10.6. The van der Waals surface area contributed by atoms with E-state index >= 15 is 0 Å². The Labute approximate surface area is 83.6 Å². The van der Waals surface area contributed by atoms with E-state index in [0.29, 0.717) is 0 Å². The average Bonchev–Trinajstić information content (AvgIpc) is 2.15. The first-order chi connectivity index (χ1) is 6.99. The number of nitrogens with zero attached hydrogens (tertiary/aromatic N) is 2. The SMILES string of the molecule is COc1ccc([N+](=O)[O-])c(N)c1[N+](=O)[O-]. The van der Waals surface area contributed by atoms with E-state index in [1.54, 1.807) is 0 Å². The van der Waals surface area contributed by atoms with Crippen molar-refractivity contribution in [3.63, 3.8) is 0 Å². The molecule has 2 N–H and O–H groups in total. The number of hydrogen-bond acceptors (Lipinski definition) is 6. The molecular weight excluding hydrogens is 206 g/mol. The molecule has 0 aliphatic rings. The molecule has 0 amide bonds. The van der Waals surface area contributed by atoms with Crippen molar-refractivity contribution in [2.75, 3.05) is 12.8 Å². The minimum Gasteiger partial charge on any atom is -0.490 e. The maximum Gasteiger partial charge on any atom is 0.340 e. The van der Waals surface area contributed by atoms with Gasteiger partial charge in [-0.25, -0.2) is 0 Å². The Kier molecular flexibility index (Phi) is 2.70. The third-order valence-corrected chi connectivity index (χ3v) is 1.76. The van der Waals surface area contributed by atoms with Gasteiger partial charge < -0.3 is 10.5 Å². The van der Waals surface area contributed by atoms with Crippen LogP contribution >= 0.6 is 0 Å². The zero-order chi connectivity index (χ0) is 11.6. The van der Waals surface area contributed by atoms with E-state index < -0.39 is 26.9 Å². The summed E-state index contributed by atoms with van der Waals surface area (Å²) in [5.41, 5.74) is 3.69. The summed E-state index contributed by atoms with van der Waals surface area (Å²) >= 11 is 0. The van der Waals surface area contributed by atoms with Crippen LogP contribution in [0.4, 0.5) is 17.1 Å². The molecule has 0 saturated heterocycles. The Balaban J connectivity index is 3.49. The summed E-state index contributed by atoms with van der Waals surface area (Å²) < 4.78 is 4.68. The molecule has 0 heterocycles. The van der Waals surface area contributed by atoms with E-state index in [0.717, 1.165) is 12.1 Å². The first kappa shape index (κ1) is 10.7. The Morgan fingerprint density at radius 3 is 2.27 bits per heavy atom. The van der Waals surface area contributed by atoms with Gasteiger partial charge in [0.15, 0.2) is 11.4 Å². The van der Waals surface area contributed by atoms with Crippen LogP contribution in [-0.2, 0) is 0 Å². The fraction of sp³-hybridized carbons (Fsp3) is 0.143. The Morgan fingerprint density at radius 2 is 1.87 bits per heavy atom. The third kappa shape index (κ3) is 1.77. The molecule has 80 valence electrons. The summed E-state index contributed by atoms with van der Waals surface area (Å²) in [5.74, 6) is -0.108. The maximum atomic E-state index is 10.6. The van der Waals surface area contributed by atoms with Gasteiger partial charge >= 0.3 is 5.69 Å². The van der Waals surface area contributed by atoms with Crippen LogP contribution in [0.15, 0.2) is 12.1 Å². The first-order valence-electron chi connectivity index (χ1n) is 3.74. The van der Waals surface area contributed by atoms with E-state index in [1.165, 1.54) is 7.11 Å². The second-order valence-electron chi connectivity index (χ2n) is 2.56. The monoisotopic (exact) mass is 213 g/mol. The smallest absolute Gasteiger partial charge is 0.340 e. The summed E-state index contributed by atoms with van der Waals surface area (Å²) in [6.07, 6.45) is 0. The molecule has 1 rings (SSSR count). The minimum atomic E-state index is -0.818. The Bertz CT molecular complexity index is 431. The van der Waals surface area contributed by atoms with Crippen molar-refractivity contribution in [1.82, 2.24) is 0 Å². The van der Waals surface area contributed by atoms with Crippen molar-refractivity contribution in [2.45, 2.75) is 0 Å². The van der Waals surface area contributed by atoms with Crippen LogP contribution < -0.4 is 10.5 Å². The molecule has 0 aromatic heterocycles. The lowest BCUT2D eigenvalue weighted by Crippen LogP contribution is -2.02. The molecule has 0 radical (unpaired) electrons. The quantitative estimate of drug-likeness (QED) is 0.455. The van der Waals surface area contributed by atoms with Gasteiger partial charge in [0.25, 0.3) is 5.69 Å². The number of nitrogens with two attached hydrogens (primary N) is 1. The van der Waals surface area contributed by atoms with Gasteiger partial charge in [-0.05, 0) is 6.07 Å². The summed E-state index contributed by atoms with van der Waals surface area (Å²) in [6, 6.07) is 2.19. The average molecular weight is 213 g/mol. The van der Waals surface area contributed by atoms with Crippen molar-refractivity contribution in [2.24, 2.45) is 0 Å². The molecule has 0 fully saturated rings. The fourth-order valence-electron chi connectivity index (χ4n) is 1.09. The van der Waals surface area contributed by atoms with E-state index in [-0.39, 0.29) is 5.75 Å². The zero-order valence-corrected chi connectivity index (χ0v) is 7.67. The van der Waals surface area contributed by atoms with Gasteiger partial charge in [-0.15, -0.1) is 0 Å². The predicted molar refractivity (Wildman–Crippen MR) is 50.7 cm³/mol. The summed E-state index contributed by atoms with van der Waals surface area (Å²) in [6.45, 7) is 0. The Morgan fingerprint density at radius 1 is 1.27 bits per heavy atom. The zero-order valence-electron chi connectivity index (χ0n) is 7.67. The van der Waals surface area contributed by atoms with Crippen LogP contribution in [0.2, 0.25) is 0 Å². The van der Waals surface area contributed by atoms with Gasteiger partial charge in [-0.2, -0.15) is 0 Å². The molecule has 8 nitrogen and oxygen atoms in total. The van der Waals surface area contributed by atoms with Crippen molar-refractivity contribution in [1.29, 1.82) is 0 Å². The number of hydrogen-bond donors (Lipinski definition) is 1. The lowest BCUT2D eigenvalue weighted by molar-refractivity contribution is -0.392. The molecule has 0 saturated carbocycles. The highest BCUT2D eigenvalue weighted by Crippen LogP contribution is 2.38. The standard InChI is InChI=1S/C7H7N3O5/c1-15-5-3-2-4(9(11)12)6(8)7(5)10(13)14/h2-3H,8H2,1H3. The first-order valence-corrected chi connectivity index (χ1v) is 3.74. The van der Waals surface area contributed by atoms with Gasteiger partial charge in [0.05, 0.1) is 17.0 Å². The molecule has 0 aliphatic carbocycles. The van der Waals surface area contributed by atoms with Crippen molar-refractivity contribution >= 4 is 17.1 Å². The topological polar surface area (TPSA) is 122 Å². The summed E-state index contributed by atoms with van der Waals surface area (Å²) in [5, 5.41) is 21.1. The van der Waals surface area contributed by atoms with Crippen molar-refractivity contribution in [3.8, 4) is 5.75 Å². The van der Waals surface area contributed by atoms with Crippen LogP contribution in [0.5, 0.6) is 5.75 Å². The highest BCUT2D eigenvalue weighted by Gasteiger charge is 2.27. The van der Waals surface area contributed by atoms with E-state index in [9.17, 15) is 20.2 Å². The van der Waals surface area contributed by atoms with Gasteiger partial charge in [-0.1, -0.05) is 0 Å². The van der Waals surface area contributed by atoms with E-state index in [2.05, 4.69) is 4.74 Å². The molecule has 1 aromatic rings. The number of benzene rings is 1. The highest BCUT2D eigenvalue weighted by molar-refractivity contribution is 5.75. The lowest BCUT2D eigenvalue weighted by Gasteiger charge is -2.03. The second kappa shape index (κ2) is 3.78. The molecular formula is C7H7N3O5. The van der Waals surface area contributed by atoms with Crippen LogP contribution in [0, 0.1) is 20.2 Å². The number of anilines is 1. The highest BCUT2D eigenvalue weighted by atomic mass is 16.6. The molecule has 0 unspecified atom stereocenters. The number of nitrogen functional groups attached to an aromatic ring is 1. The van der Waals surface area contributed by atoms with Crippen LogP contribution in [0.25, 0.3) is 0 Å². The molecule has 0 bridgehead atoms. The minimum absolute atomic E-state index is 0.108. The number of rotatable bonds is 3. The molecule has 8 heteroatoms. The summed E-state index contributed by atoms with van der Waals surface area (Å²) in [4.78, 5) is 19.4. The van der Waals surface area contributed by atoms with E-state index in [1.807, 2.05) is 0 Å². The Hall–Kier alpha value is -2.38. The lowest BCUT2D eigenvalue weighted by atomic mass is 10.2. The molecule has 15 heavy (non-hydrogen) atoms. The number of nitro groups is 2. The van der Waals surface area contributed by atoms with Crippen LogP contribution in [-0.4, -0.2) is 17.0 Å². The van der Waals surface area contributed by atoms with Gasteiger partial charge in [-0.3, -0.25) is 20.2 Å². The second-order valence-corrected chi connectivity index (χ2v) is 2.56. The van der Waals surface area contributed by atoms with Gasteiger partial charge in [0.1, 0.15) is 0 Å². The number of methoxy groups -OCH3 is 1. The summed E-state index contributed by atoms with van der Waals surface area (Å²) in [7, 11) is 1.22. The predicted octanol–water partition coefficient (Wildman–Crippen LogP) is 1.09. The van der Waals surface area contributed by atoms with Crippen molar-refractivity contribution in [3.05, 3.63) is 32.4 Å². The van der Waals surface area contributed by atoms with Crippen LogP contribution in [0.1, 0.15) is 0 Å². The largest absolute Gasteiger partial charge is 0.490 e. The van der Waals surface area contributed by atoms with Gasteiger partial charge in [0, 0.05) is 6.07 Å².